The van der Waals surface area contributed by atoms with E-state index in [-0.39, 0.29) is 0 Å². The van der Waals surface area contributed by atoms with E-state index in [1.165, 1.54) is 35.2 Å². The van der Waals surface area contributed by atoms with Gasteiger partial charge in [0, 0.05) is 12.2 Å². The normalized spacial score (nSPS) is 17.9. The molecular weight excluding hydrogens is 218 g/mol. The molecule has 1 aliphatic heterocycles. The molecule has 2 aromatic rings. The molecule has 1 heteroatoms. The van der Waals surface area contributed by atoms with Crippen molar-refractivity contribution in [3.8, 4) is 0 Å². The highest BCUT2D eigenvalue weighted by molar-refractivity contribution is 5.55. The summed E-state index contributed by atoms with van der Waals surface area (Å²) in [5, 5.41) is 3.57. The van der Waals surface area contributed by atoms with Gasteiger partial charge in [0.25, 0.3) is 0 Å². The Kier molecular flexibility index (Phi) is 3.06. The maximum atomic E-state index is 3.57. The third-order valence-corrected chi connectivity index (χ3v) is 3.72. The van der Waals surface area contributed by atoms with Gasteiger partial charge in [-0.2, -0.15) is 0 Å². The summed E-state index contributed by atoms with van der Waals surface area (Å²) in [5.74, 6) is 0.711. The predicted octanol–water partition coefficient (Wildman–Crippen LogP) is 3.82. The zero-order valence-corrected chi connectivity index (χ0v) is 10.8. The van der Waals surface area contributed by atoms with Crippen molar-refractivity contribution in [2.45, 2.75) is 19.8 Å². The van der Waals surface area contributed by atoms with Crippen LogP contribution in [-0.4, -0.2) is 6.54 Å². The molecule has 0 spiro atoms. The summed E-state index contributed by atoms with van der Waals surface area (Å²) in [6.07, 6.45) is 2.36. The van der Waals surface area contributed by atoms with E-state index in [4.69, 9.17) is 0 Å². The summed E-state index contributed by atoms with van der Waals surface area (Å²) in [6.45, 7) is 3.24. The van der Waals surface area contributed by atoms with Gasteiger partial charge in [-0.1, -0.05) is 42.5 Å². The van der Waals surface area contributed by atoms with E-state index < -0.39 is 0 Å². The number of benzene rings is 2. The fourth-order valence-corrected chi connectivity index (χ4v) is 2.76. The quantitative estimate of drug-likeness (QED) is 0.837. The van der Waals surface area contributed by atoms with Crippen molar-refractivity contribution in [3.63, 3.8) is 0 Å². The Morgan fingerprint density at radius 3 is 2.78 bits per heavy atom. The molecule has 0 saturated carbocycles. The average molecular weight is 237 g/mol. The zero-order chi connectivity index (χ0) is 12.4. The lowest BCUT2D eigenvalue weighted by molar-refractivity contribution is 0.535. The van der Waals surface area contributed by atoms with Gasteiger partial charge in [-0.15, -0.1) is 0 Å². The highest BCUT2D eigenvalue weighted by Crippen LogP contribution is 2.27. The fraction of sp³-hybridized carbons (Fsp3) is 0.294. The SMILES string of the molecule is Cc1ccc2c(c1)NCC(Cc1ccccc1)C2. The van der Waals surface area contributed by atoms with Gasteiger partial charge in [-0.3, -0.25) is 0 Å². The van der Waals surface area contributed by atoms with E-state index in [0.29, 0.717) is 5.92 Å². The Balaban J connectivity index is 1.73. The van der Waals surface area contributed by atoms with Crippen molar-refractivity contribution >= 4 is 5.69 Å². The third-order valence-electron chi connectivity index (χ3n) is 3.72. The van der Waals surface area contributed by atoms with Crippen LogP contribution >= 0.6 is 0 Å². The van der Waals surface area contributed by atoms with Gasteiger partial charge < -0.3 is 5.32 Å². The Labute approximate surface area is 109 Å². The molecule has 3 rings (SSSR count). The van der Waals surface area contributed by atoms with Crippen LogP contribution in [0.15, 0.2) is 48.5 Å². The second-order valence-corrected chi connectivity index (χ2v) is 5.30. The van der Waals surface area contributed by atoms with Gasteiger partial charge >= 0.3 is 0 Å². The van der Waals surface area contributed by atoms with E-state index in [1.54, 1.807) is 0 Å². The summed E-state index contributed by atoms with van der Waals surface area (Å²) in [4.78, 5) is 0. The monoisotopic (exact) mass is 237 g/mol. The molecule has 0 fully saturated rings. The van der Waals surface area contributed by atoms with Crippen molar-refractivity contribution in [1.29, 1.82) is 0 Å². The number of aryl methyl sites for hydroxylation is 1. The van der Waals surface area contributed by atoms with Gasteiger partial charge in [0.15, 0.2) is 0 Å². The molecule has 0 amide bonds. The predicted molar refractivity (Wildman–Crippen MR) is 77.0 cm³/mol. The standard InChI is InChI=1S/C17H19N/c1-13-7-8-16-11-15(12-18-17(16)9-13)10-14-5-3-2-4-6-14/h2-9,15,18H,10-12H2,1H3. The first-order valence-electron chi connectivity index (χ1n) is 6.68. The molecule has 1 atom stereocenters. The number of fused-ring (bicyclic) bond motifs is 1. The van der Waals surface area contributed by atoms with Crippen molar-refractivity contribution in [3.05, 3.63) is 65.2 Å². The van der Waals surface area contributed by atoms with Crippen LogP contribution in [-0.2, 0) is 12.8 Å². The van der Waals surface area contributed by atoms with Crippen LogP contribution < -0.4 is 5.32 Å². The van der Waals surface area contributed by atoms with E-state index in [2.05, 4.69) is 60.8 Å². The topological polar surface area (TPSA) is 12.0 Å². The smallest absolute Gasteiger partial charge is 0.0375 e. The van der Waals surface area contributed by atoms with Crippen LogP contribution in [0.3, 0.4) is 0 Å². The largest absolute Gasteiger partial charge is 0.385 e. The average Bonchev–Trinajstić information content (AvgIpc) is 2.40. The van der Waals surface area contributed by atoms with E-state index in [0.717, 1.165) is 6.54 Å². The second kappa shape index (κ2) is 4.85. The number of hydrogen-bond donors (Lipinski definition) is 1. The van der Waals surface area contributed by atoms with Crippen molar-refractivity contribution in [1.82, 2.24) is 0 Å². The van der Waals surface area contributed by atoms with E-state index in [1.807, 2.05) is 0 Å². The highest BCUT2D eigenvalue weighted by Gasteiger charge is 2.18. The second-order valence-electron chi connectivity index (χ2n) is 5.30. The van der Waals surface area contributed by atoms with Crippen LogP contribution in [0, 0.1) is 12.8 Å². The minimum atomic E-state index is 0.711. The summed E-state index contributed by atoms with van der Waals surface area (Å²) in [5.41, 5.74) is 5.58. The summed E-state index contributed by atoms with van der Waals surface area (Å²) in [6, 6.07) is 17.5. The number of nitrogens with one attached hydrogen (secondary N) is 1. The Morgan fingerprint density at radius 1 is 1.11 bits per heavy atom. The van der Waals surface area contributed by atoms with Crippen LogP contribution in [0.4, 0.5) is 5.69 Å². The molecule has 1 unspecified atom stereocenters. The van der Waals surface area contributed by atoms with Crippen molar-refractivity contribution < 1.29 is 0 Å². The molecule has 0 aromatic heterocycles. The minimum Gasteiger partial charge on any atom is -0.385 e. The summed E-state index contributed by atoms with van der Waals surface area (Å²) >= 11 is 0. The molecule has 1 heterocycles. The number of anilines is 1. The van der Waals surface area contributed by atoms with Crippen LogP contribution in [0.2, 0.25) is 0 Å². The van der Waals surface area contributed by atoms with Gasteiger partial charge in [-0.25, -0.2) is 0 Å². The highest BCUT2D eigenvalue weighted by atomic mass is 14.9. The maximum absolute atomic E-state index is 3.57. The molecule has 0 saturated heterocycles. The molecular formula is C17H19N. The van der Waals surface area contributed by atoms with Gasteiger partial charge in [0.05, 0.1) is 0 Å². The number of hydrogen-bond acceptors (Lipinski definition) is 1. The molecule has 0 radical (unpaired) electrons. The van der Waals surface area contributed by atoms with Crippen LogP contribution in [0.25, 0.3) is 0 Å². The minimum absolute atomic E-state index is 0.711. The van der Waals surface area contributed by atoms with Crippen molar-refractivity contribution in [2.75, 3.05) is 11.9 Å². The molecule has 0 aliphatic carbocycles. The van der Waals surface area contributed by atoms with Gasteiger partial charge in [0.2, 0.25) is 0 Å². The van der Waals surface area contributed by atoms with Crippen LogP contribution in [0.5, 0.6) is 0 Å². The molecule has 1 N–H and O–H groups in total. The zero-order valence-electron chi connectivity index (χ0n) is 10.8. The third kappa shape index (κ3) is 2.40. The Hall–Kier alpha value is -1.76. The summed E-state index contributed by atoms with van der Waals surface area (Å²) < 4.78 is 0. The van der Waals surface area contributed by atoms with E-state index in [9.17, 15) is 0 Å². The maximum Gasteiger partial charge on any atom is 0.0375 e. The lowest BCUT2D eigenvalue weighted by Gasteiger charge is -2.26. The molecule has 1 nitrogen and oxygen atoms in total. The first-order valence-corrected chi connectivity index (χ1v) is 6.68. The molecule has 2 aromatic carbocycles. The Bertz CT molecular complexity index is 531. The van der Waals surface area contributed by atoms with Gasteiger partial charge in [-0.05, 0) is 48.4 Å². The van der Waals surface area contributed by atoms with Crippen LogP contribution in [0.1, 0.15) is 16.7 Å². The molecule has 18 heavy (non-hydrogen) atoms. The first-order chi connectivity index (χ1) is 8.81. The van der Waals surface area contributed by atoms with Crippen molar-refractivity contribution in [2.24, 2.45) is 5.92 Å². The molecule has 0 bridgehead atoms. The first kappa shape index (κ1) is 11.3. The molecule has 92 valence electrons. The Morgan fingerprint density at radius 2 is 1.94 bits per heavy atom. The van der Waals surface area contributed by atoms with Gasteiger partial charge in [0.1, 0.15) is 0 Å². The lowest BCUT2D eigenvalue weighted by Crippen LogP contribution is -2.24. The fourth-order valence-electron chi connectivity index (χ4n) is 2.76. The summed E-state index contributed by atoms with van der Waals surface area (Å²) in [7, 11) is 0. The lowest BCUT2D eigenvalue weighted by atomic mass is 9.88. The van der Waals surface area contributed by atoms with E-state index >= 15 is 0 Å². The molecule has 1 aliphatic rings. The number of rotatable bonds is 2.